The van der Waals surface area contributed by atoms with Gasteiger partial charge in [0.15, 0.2) is 0 Å². The number of ether oxygens (including phenoxy) is 1. The van der Waals surface area contributed by atoms with Crippen molar-refractivity contribution in [3.63, 3.8) is 0 Å². The van der Waals surface area contributed by atoms with Crippen molar-refractivity contribution in [2.45, 2.75) is 0 Å². The number of pyridine rings is 1. The number of aromatic nitrogens is 4. The first kappa shape index (κ1) is 14.2. The molecule has 0 atom stereocenters. The van der Waals surface area contributed by atoms with Crippen LogP contribution in [-0.4, -0.2) is 32.8 Å². The van der Waals surface area contributed by atoms with Crippen LogP contribution in [0, 0.1) is 0 Å². The van der Waals surface area contributed by atoms with Crippen molar-refractivity contribution in [2.24, 2.45) is 0 Å². The molecule has 0 fully saturated rings. The zero-order valence-corrected chi connectivity index (χ0v) is 12.9. The fourth-order valence-electron chi connectivity index (χ4n) is 2.69. The maximum atomic E-state index is 11.7. The fourth-order valence-corrected chi connectivity index (χ4v) is 2.69. The van der Waals surface area contributed by atoms with E-state index < -0.39 is 0 Å². The smallest absolute Gasteiger partial charge is 0.337 e. The molecule has 118 valence electrons. The predicted octanol–water partition coefficient (Wildman–Crippen LogP) is 3.20. The van der Waals surface area contributed by atoms with Crippen LogP contribution in [0.3, 0.4) is 0 Å². The summed E-state index contributed by atoms with van der Waals surface area (Å²) in [6.45, 7) is 0. The molecule has 4 rings (SSSR count). The molecule has 3 aromatic heterocycles. The first-order valence-corrected chi connectivity index (χ1v) is 7.42. The van der Waals surface area contributed by atoms with Crippen LogP contribution >= 0.6 is 0 Å². The molecule has 0 aliphatic rings. The number of nitrogens with zero attached hydrogens (tertiary/aromatic N) is 3. The number of benzene rings is 1. The Labute approximate surface area is 137 Å². The lowest BCUT2D eigenvalue weighted by Gasteiger charge is -2.03. The predicted molar refractivity (Wildman–Crippen MR) is 90.0 cm³/mol. The lowest BCUT2D eigenvalue weighted by Crippen LogP contribution is -2.00. The monoisotopic (exact) mass is 318 g/mol. The van der Waals surface area contributed by atoms with E-state index in [1.165, 1.54) is 7.11 Å². The summed E-state index contributed by atoms with van der Waals surface area (Å²) in [5.41, 5.74) is 4.10. The summed E-state index contributed by atoms with van der Waals surface area (Å²) >= 11 is 0. The molecule has 0 amide bonds. The van der Waals surface area contributed by atoms with E-state index in [1.54, 1.807) is 29.2 Å². The van der Waals surface area contributed by atoms with Crippen LogP contribution in [0.4, 0.5) is 0 Å². The van der Waals surface area contributed by atoms with E-state index in [4.69, 9.17) is 4.74 Å². The molecule has 24 heavy (non-hydrogen) atoms. The Morgan fingerprint density at radius 3 is 3.00 bits per heavy atom. The summed E-state index contributed by atoms with van der Waals surface area (Å²) in [5.74, 6) is -0.354. The topological polar surface area (TPSA) is 72.8 Å². The van der Waals surface area contributed by atoms with Gasteiger partial charge in [0.05, 0.1) is 24.6 Å². The zero-order chi connectivity index (χ0) is 16.5. The summed E-state index contributed by atoms with van der Waals surface area (Å²) in [6, 6.07) is 11.2. The van der Waals surface area contributed by atoms with Gasteiger partial charge in [0.2, 0.25) is 0 Å². The first-order valence-electron chi connectivity index (χ1n) is 7.42. The highest BCUT2D eigenvalue weighted by Crippen LogP contribution is 2.24. The van der Waals surface area contributed by atoms with E-state index in [0.717, 1.165) is 27.8 Å². The molecule has 0 aliphatic heterocycles. The van der Waals surface area contributed by atoms with Crippen LogP contribution in [-0.2, 0) is 4.74 Å². The molecular formula is C18H14N4O2. The van der Waals surface area contributed by atoms with Crippen molar-refractivity contribution < 1.29 is 9.53 Å². The van der Waals surface area contributed by atoms with Crippen LogP contribution in [0.15, 0.2) is 61.2 Å². The summed E-state index contributed by atoms with van der Waals surface area (Å²) in [4.78, 5) is 19.1. The van der Waals surface area contributed by atoms with Crippen LogP contribution in [0.1, 0.15) is 10.4 Å². The number of hydrogen-bond acceptors (Lipinski definition) is 4. The molecule has 6 nitrogen and oxygen atoms in total. The minimum atomic E-state index is -0.354. The Balaban J connectivity index is 1.76. The van der Waals surface area contributed by atoms with Crippen molar-refractivity contribution in [3.05, 3.63) is 66.7 Å². The Morgan fingerprint density at radius 2 is 2.12 bits per heavy atom. The van der Waals surface area contributed by atoms with Crippen molar-refractivity contribution in [1.29, 1.82) is 0 Å². The van der Waals surface area contributed by atoms with Crippen molar-refractivity contribution in [2.75, 3.05) is 7.11 Å². The molecule has 6 heteroatoms. The number of methoxy groups -OCH3 is 1. The van der Waals surface area contributed by atoms with Gasteiger partial charge in [0, 0.05) is 29.5 Å². The van der Waals surface area contributed by atoms with E-state index in [2.05, 4.69) is 15.1 Å². The van der Waals surface area contributed by atoms with Gasteiger partial charge in [0.25, 0.3) is 0 Å². The van der Waals surface area contributed by atoms with Gasteiger partial charge >= 0.3 is 5.97 Å². The summed E-state index contributed by atoms with van der Waals surface area (Å²) in [5, 5.41) is 5.44. The number of H-pyrrole nitrogens is 1. The second-order valence-corrected chi connectivity index (χ2v) is 5.32. The van der Waals surface area contributed by atoms with E-state index in [0.29, 0.717) is 5.56 Å². The van der Waals surface area contributed by atoms with Crippen molar-refractivity contribution in [1.82, 2.24) is 19.7 Å². The number of nitrogens with one attached hydrogen (secondary N) is 1. The summed E-state index contributed by atoms with van der Waals surface area (Å²) in [6.07, 6.45) is 7.30. The third kappa shape index (κ3) is 2.34. The molecule has 4 aromatic rings. The zero-order valence-electron chi connectivity index (χ0n) is 12.9. The lowest BCUT2D eigenvalue weighted by atomic mass is 10.1. The number of carbonyl (C=O) groups excluding carboxylic acids is 1. The summed E-state index contributed by atoms with van der Waals surface area (Å²) < 4.78 is 6.57. The highest BCUT2D eigenvalue weighted by atomic mass is 16.5. The van der Waals surface area contributed by atoms with E-state index >= 15 is 0 Å². The van der Waals surface area contributed by atoms with Gasteiger partial charge in [0.1, 0.15) is 5.65 Å². The van der Waals surface area contributed by atoms with Gasteiger partial charge in [-0.05, 0) is 29.8 Å². The van der Waals surface area contributed by atoms with Gasteiger partial charge in [-0.3, -0.25) is 0 Å². The molecule has 0 spiro atoms. The Morgan fingerprint density at radius 1 is 1.21 bits per heavy atom. The van der Waals surface area contributed by atoms with Gasteiger partial charge in [-0.1, -0.05) is 12.1 Å². The third-order valence-corrected chi connectivity index (χ3v) is 3.88. The lowest BCUT2D eigenvalue weighted by molar-refractivity contribution is 0.0601. The standard InChI is InChI=1S/C18H14N4O2/c1-24-18(23)13-4-2-3-12(9-13)14-10-21-22(11-14)16-6-8-20-17-15(16)5-7-19-17/h2-11H,1H3,(H,19,20). The quantitative estimate of drug-likeness (QED) is 0.589. The van der Waals surface area contributed by atoms with Crippen LogP contribution in [0.2, 0.25) is 0 Å². The number of carbonyl (C=O) groups is 1. The van der Waals surface area contributed by atoms with Crippen LogP contribution in [0.25, 0.3) is 27.8 Å². The molecule has 0 saturated heterocycles. The molecule has 0 radical (unpaired) electrons. The minimum absolute atomic E-state index is 0.354. The fraction of sp³-hybridized carbons (Fsp3) is 0.0556. The molecule has 0 aliphatic carbocycles. The second kappa shape index (κ2) is 5.66. The third-order valence-electron chi connectivity index (χ3n) is 3.88. The van der Waals surface area contributed by atoms with Crippen molar-refractivity contribution >= 4 is 17.0 Å². The van der Waals surface area contributed by atoms with Gasteiger partial charge in [-0.2, -0.15) is 5.10 Å². The normalized spacial score (nSPS) is 10.9. The maximum absolute atomic E-state index is 11.7. The Bertz CT molecular complexity index is 1030. The highest BCUT2D eigenvalue weighted by molar-refractivity contribution is 5.91. The SMILES string of the molecule is COC(=O)c1cccc(-c2cnn(-c3ccnc4[nH]ccc34)c2)c1. The molecular weight excluding hydrogens is 304 g/mol. The molecule has 0 saturated carbocycles. The average molecular weight is 318 g/mol. The van der Waals surface area contributed by atoms with Crippen molar-refractivity contribution in [3.8, 4) is 16.8 Å². The Kier molecular flexibility index (Phi) is 3.35. The van der Waals surface area contributed by atoms with Crippen LogP contribution < -0.4 is 0 Å². The second-order valence-electron chi connectivity index (χ2n) is 5.32. The number of fused-ring (bicyclic) bond motifs is 1. The van der Waals surface area contributed by atoms with Gasteiger partial charge in [-0.25, -0.2) is 14.5 Å². The largest absolute Gasteiger partial charge is 0.465 e. The maximum Gasteiger partial charge on any atom is 0.337 e. The average Bonchev–Trinajstić information content (AvgIpc) is 3.30. The minimum Gasteiger partial charge on any atom is -0.465 e. The van der Waals surface area contributed by atoms with E-state index in [-0.39, 0.29) is 5.97 Å². The highest BCUT2D eigenvalue weighted by Gasteiger charge is 2.10. The van der Waals surface area contributed by atoms with E-state index in [9.17, 15) is 4.79 Å². The molecule has 1 aromatic carbocycles. The number of rotatable bonds is 3. The van der Waals surface area contributed by atoms with E-state index in [1.807, 2.05) is 36.7 Å². The molecule has 0 bridgehead atoms. The summed E-state index contributed by atoms with van der Waals surface area (Å²) in [7, 11) is 1.37. The number of hydrogen-bond donors (Lipinski definition) is 1. The number of esters is 1. The molecule has 1 N–H and O–H groups in total. The Hall–Kier alpha value is -3.41. The van der Waals surface area contributed by atoms with Gasteiger partial charge in [-0.15, -0.1) is 0 Å². The van der Waals surface area contributed by atoms with Crippen LogP contribution in [0.5, 0.6) is 0 Å². The molecule has 0 unspecified atom stereocenters. The van der Waals surface area contributed by atoms with Gasteiger partial charge < -0.3 is 9.72 Å². The molecule has 3 heterocycles. The first-order chi connectivity index (χ1) is 11.8. The number of aromatic amines is 1.